The summed E-state index contributed by atoms with van der Waals surface area (Å²) in [4.78, 5) is 11.7. The Hall–Kier alpha value is -4.58. The maximum Gasteiger partial charge on any atom is 0.339 e. The number of fused-ring (bicyclic) bond motifs is 1. The summed E-state index contributed by atoms with van der Waals surface area (Å²) in [6, 6.07) is 13.0. The second-order valence-electron chi connectivity index (χ2n) is 9.14. The highest BCUT2D eigenvalue weighted by Gasteiger charge is 2.34. The Morgan fingerprint density at radius 2 is 1.76 bits per heavy atom. The van der Waals surface area contributed by atoms with Crippen molar-refractivity contribution >= 4 is 16.9 Å². The molecule has 37 heavy (non-hydrogen) atoms. The van der Waals surface area contributed by atoms with Gasteiger partial charge in [-0.05, 0) is 35.9 Å². The van der Waals surface area contributed by atoms with Crippen LogP contribution in [0.5, 0.6) is 17.2 Å². The van der Waals surface area contributed by atoms with Gasteiger partial charge in [0, 0.05) is 46.3 Å². The second kappa shape index (κ2) is 9.47. The highest BCUT2D eigenvalue weighted by molar-refractivity contribution is 6.03. The number of ether oxygens (including phenoxy) is 2. The smallest absolute Gasteiger partial charge is 0.339 e. The zero-order chi connectivity index (χ0) is 27.1. The molecule has 0 aliphatic carbocycles. The molecule has 190 valence electrons. The van der Waals surface area contributed by atoms with Gasteiger partial charge in [0.15, 0.2) is 11.6 Å². The number of phenolic OH excluding ortho intramolecular Hbond substituents is 1. The van der Waals surface area contributed by atoms with Crippen LogP contribution < -0.4 is 9.47 Å². The molecule has 0 aliphatic heterocycles. The Morgan fingerprint density at radius 1 is 1.05 bits per heavy atom. The van der Waals surface area contributed by atoms with E-state index in [4.69, 9.17) is 9.47 Å². The van der Waals surface area contributed by atoms with Crippen molar-refractivity contribution in [3.63, 3.8) is 0 Å². The maximum absolute atomic E-state index is 14.7. The largest absolute Gasteiger partial charge is 0.506 e. The van der Waals surface area contributed by atoms with Crippen molar-refractivity contribution in [1.29, 1.82) is 5.26 Å². The Balaban J connectivity index is 2.23. The number of halogens is 2. The molecule has 0 saturated heterocycles. The number of methoxy groups -OCH3 is 2. The van der Waals surface area contributed by atoms with E-state index in [9.17, 15) is 29.1 Å². The first-order chi connectivity index (χ1) is 17.5. The summed E-state index contributed by atoms with van der Waals surface area (Å²) in [6.45, 7) is 3.64. The van der Waals surface area contributed by atoms with Crippen LogP contribution >= 0.6 is 0 Å². The molecule has 7 nitrogen and oxygen atoms in total. The van der Waals surface area contributed by atoms with E-state index in [1.54, 1.807) is 4.57 Å². The number of hydrogen-bond acceptors (Lipinski definition) is 5. The van der Waals surface area contributed by atoms with Crippen LogP contribution in [-0.2, 0) is 5.41 Å². The van der Waals surface area contributed by atoms with Gasteiger partial charge in [0.2, 0.25) is 0 Å². The first kappa shape index (κ1) is 25.5. The third-order valence-corrected chi connectivity index (χ3v) is 6.28. The lowest BCUT2D eigenvalue weighted by Gasteiger charge is -2.27. The van der Waals surface area contributed by atoms with Crippen LogP contribution in [0.25, 0.3) is 27.7 Å². The number of aromatic hydroxyl groups is 1. The van der Waals surface area contributed by atoms with E-state index in [1.807, 2.05) is 13.8 Å². The number of rotatable bonds is 7. The average molecular weight is 507 g/mol. The van der Waals surface area contributed by atoms with Gasteiger partial charge in [0.1, 0.15) is 22.9 Å². The van der Waals surface area contributed by atoms with Crippen LogP contribution in [0.15, 0.2) is 48.5 Å². The molecule has 0 bridgehead atoms. The van der Waals surface area contributed by atoms with Crippen molar-refractivity contribution in [3.05, 3.63) is 71.4 Å². The minimum Gasteiger partial charge on any atom is -0.506 e. The number of phenols is 1. The van der Waals surface area contributed by atoms with Crippen molar-refractivity contribution in [1.82, 2.24) is 4.57 Å². The number of carbonyl (C=O) groups is 1. The van der Waals surface area contributed by atoms with Crippen molar-refractivity contribution in [3.8, 4) is 40.1 Å². The molecule has 0 saturated carbocycles. The molecule has 0 radical (unpaired) electrons. The second-order valence-corrected chi connectivity index (χ2v) is 9.14. The molecule has 0 atom stereocenters. The molecule has 0 fully saturated rings. The molecule has 0 spiro atoms. The number of nitriles is 1. The topological polar surface area (TPSA) is 105 Å². The lowest BCUT2D eigenvalue weighted by Crippen LogP contribution is -2.22. The predicted octanol–water partition coefficient (Wildman–Crippen LogP) is 6.19. The van der Waals surface area contributed by atoms with Crippen LogP contribution in [0.2, 0.25) is 0 Å². The van der Waals surface area contributed by atoms with Gasteiger partial charge in [0.05, 0.1) is 25.8 Å². The summed E-state index contributed by atoms with van der Waals surface area (Å²) in [6.07, 6.45) is 0.0439. The maximum atomic E-state index is 14.7. The lowest BCUT2D eigenvalue weighted by atomic mass is 9.81. The van der Waals surface area contributed by atoms with Gasteiger partial charge in [-0.3, -0.25) is 0 Å². The Bertz CT molecular complexity index is 1580. The fourth-order valence-electron chi connectivity index (χ4n) is 4.65. The van der Waals surface area contributed by atoms with Crippen molar-refractivity contribution in [2.24, 2.45) is 0 Å². The fourth-order valence-corrected chi connectivity index (χ4v) is 4.65. The third-order valence-electron chi connectivity index (χ3n) is 6.28. The SMILES string of the molecule is COc1cc(-c2c(C(C)(C)CC#N)n(-c3ccc(C(=O)O)c(OC)c3)c3c(O)cc(F)cc23)ccc1F. The van der Waals surface area contributed by atoms with E-state index in [1.165, 1.54) is 56.7 Å². The zero-order valence-electron chi connectivity index (χ0n) is 20.6. The predicted molar refractivity (Wildman–Crippen MR) is 134 cm³/mol. The highest BCUT2D eigenvalue weighted by atomic mass is 19.1. The van der Waals surface area contributed by atoms with Crippen LogP contribution in [0.1, 0.15) is 36.3 Å². The van der Waals surface area contributed by atoms with Crippen molar-refractivity contribution < 1.29 is 33.3 Å². The summed E-state index contributed by atoms with van der Waals surface area (Å²) < 4.78 is 41.1. The molecular weight excluding hydrogens is 482 g/mol. The molecule has 4 aromatic rings. The molecular formula is C28H24F2N2O5. The Labute approximate surface area is 211 Å². The van der Waals surface area contributed by atoms with Crippen LogP contribution in [-0.4, -0.2) is 35.0 Å². The first-order valence-electron chi connectivity index (χ1n) is 11.2. The summed E-state index contributed by atoms with van der Waals surface area (Å²) >= 11 is 0. The van der Waals surface area contributed by atoms with Gasteiger partial charge in [-0.1, -0.05) is 19.9 Å². The number of aromatic nitrogens is 1. The molecule has 3 aromatic carbocycles. The number of hydrogen-bond donors (Lipinski definition) is 2. The zero-order valence-corrected chi connectivity index (χ0v) is 20.6. The molecule has 1 heterocycles. The van der Waals surface area contributed by atoms with Crippen molar-refractivity contribution in [2.75, 3.05) is 14.2 Å². The van der Waals surface area contributed by atoms with Crippen LogP contribution in [0, 0.1) is 23.0 Å². The molecule has 0 amide bonds. The monoisotopic (exact) mass is 506 g/mol. The summed E-state index contributed by atoms with van der Waals surface area (Å²) in [5, 5.41) is 30.4. The number of carboxylic acids is 1. The Kier molecular flexibility index (Phi) is 6.53. The average Bonchev–Trinajstić information content (AvgIpc) is 3.20. The van der Waals surface area contributed by atoms with E-state index in [2.05, 4.69) is 6.07 Å². The van der Waals surface area contributed by atoms with E-state index < -0.39 is 23.0 Å². The highest BCUT2D eigenvalue weighted by Crippen LogP contribution is 2.47. The van der Waals surface area contributed by atoms with Crippen LogP contribution in [0.3, 0.4) is 0 Å². The van der Waals surface area contributed by atoms with E-state index in [0.717, 1.165) is 6.07 Å². The number of benzene rings is 3. The quantitative estimate of drug-likeness (QED) is 0.310. The fraction of sp³-hybridized carbons (Fsp3) is 0.214. The molecule has 2 N–H and O–H groups in total. The number of nitrogens with zero attached hydrogens (tertiary/aromatic N) is 2. The van der Waals surface area contributed by atoms with Gasteiger partial charge in [0.25, 0.3) is 0 Å². The van der Waals surface area contributed by atoms with Gasteiger partial charge in [-0.15, -0.1) is 0 Å². The van der Waals surface area contributed by atoms with Gasteiger partial charge in [-0.2, -0.15) is 5.26 Å². The van der Waals surface area contributed by atoms with Gasteiger partial charge >= 0.3 is 5.97 Å². The standard InChI is InChI=1S/C28H24F2N2O5/c1-28(2,9-10-31)26-24(15-5-8-20(30)23(11-15)37-4)19-12-16(29)13-21(33)25(19)32(26)17-6-7-18(27(34)35)22(14-17)36-3/h5-8,11-14,33H,9H2,1-4H3,(H,34,35). The summed E-state index contributed by atoms with van der Waals surface area (Å²) in [5.74, 6) is -2.80. The molecule has 9 heteroatoms. The van der Waals surface area contributed by atoms with E-state index >= 15 is 0 Å². The van der Waals surface area contributed by atoms with Gasteiger partial charge < -0.3 is 24.3 Å². The lowest BCUT2D eigenvalue weighted by molar-refractivity contribution is 0.0693. The number of carboxylic acid groups (broad SMARTS) is 1. The van der Waals surface area contributed by atoms with Crippen molar-refractivity contribution in [2.45, 2.75) is 25.7 Å². The normalized spacial score (nSPS) is 11.4. The minimum absolute atomic E-state index is 0.0319. The minimum atomic E-state index is -1.19. The van der Waals surface area contributed by atoms with E-state index in [0.29, 0.717) is 27.9 Å². The number of aromatic carboxylic acids is 1. The van der Waals surface area contributed by atoms with Gasteiger partial charge in [-0.25, -0.2) is 13.6 Å². The molecule has 0 unspecified atom stereocenters. The summed E-state index contributed by atoms with van der Waals surface area (Å²) in [7, 11) is 2.66. The third kappa shape index (κ3) is 4.31. The molecule has 0 aliphatic rings. The van der Waals surface area contributed by atoms with Crippen LogP contribution in [0.4, 0.5) is 8.78 Å². The Morgan fingerprint density at radius 3 is 2.38 bits per heavy atom. The van der Waals surface area contributed by atoms with E-state index in [-0.39, 0.29) is 34.7 Å². The molecule has 4 rings (SSSR count). The first-order valence-corrected chi connectivity index (χ1v) is 11.2. The molecule has 1 aromatic heterocycles. The summed E-state index contributed by atoms with van der Waals surface area (Å²) in [5.41, 5.74) is 1.16.